The molecule has 52 heavy (non-hydrogen) atoms. The van der Waals surface area contributed by atoms with Crippen LogP contribution in [-0.2, 0) is 25.7 Å². The summed E-state index contributed by atoms with van der Waals surface area (Å²) in [6.07, 6.45) is 6.86. The molecule has 0 atom stereocenters. The predicted molar refractivity (Wildman–Crippen MR) is 222 cm³/mol. The van der Waals surface area contributed by atoms with E-state index in [2.05, 4.69) is 100 Å². The lowest BCUT2D eigenvalue weighted by atomic mass is 9.98. The summed E-state index contributed by atoms with van der Waals surface area (Å²) >= 11 is 4.84. The van der Waals surface area contributed by atoms with E-state index in [0.29, 0.717) is 11.3 Å². The molecule has 3 aromatic heterocycles. The Morgan fingerprint density at radius 2 is 1.10 bits per heavy atom. The van der Waals surface area contributed by atoms with Gasteiger partial charge in [-0.3, -0.25) is 14.9 Å². The highest BCUT2D eigenvalue weighted by Crippen LogP contribution is 2.39. The lowest BCUT2D eigenvalue weighted by molar-refractivity contribution is 0.101. The van der Waals surface area contributed by atoms with Crippen molar-refractivity contribution < 1.29 is 4.79 Å². The fourth-order valence-corrected chi connectivity index (χ4v) is 8.37. The normalized spacial score (nSPS) is 12.8. The molecule has 0 saturated heterocycles. The number of H-pyrrole nitrogens is 1. The Hall–Kier alpha value is -4.91. The number of benzene rings is 1. The zero-order valence-corrected chi connectivity index (χ0v) is 32.7. The van der Waals surface area contributed by atoms with Crippen molar-refractivity contribution in [3.05, 3.63) is 99.1 Å². The molecule has 1 aromatic carbocycles. The molecule has 7 nitrogen and oxygen atoms in total. The number of aromatic amines is 1. The quantitative estimate of drug-likeness (QED) is 0.120. The molecule has 0 unspecified atom stereocenters. The molecular formula is C44H50N6OS. The van der Waals surface area contributed by atoms with E-state index >= 15 is 0 Å². The second-order valence-corrected chi connectivity index (χ2v) is 13.4. The van der Waals surface area contributed by atoms with Gasteiger partial charge in [0.1, 0.15) is 0 Å². The number of aryl methyl sites for hydroxylation is 4. The number of amides is 1. The van der Waals surface area contributed by atoms with Crippen molar-refractivity contribution in [2.75, 3.05) is 5.43 Å². The number of thiocarbonyl (C=S) groups is 1. The van der Waals surface area contributed by atoms with E-state index in [9.17, 15) is 4.79 Å². The Labute approximate surface area is 313 Å². The number of nitrogens with zero attached hydrogens (tertiary/aromatic N) is 4. The number of carbonyl (C=O) groups is 1. The fourth-order valence-electron chi connectivity index (χ4n) is 8.27. The molecule has 2 aliphatic heterocycles. The lowest BCUT2D eigenvalue weighted by Crippen LogP contribution is -2.22. The van der Waals surface area contributed by atoms with Crippen LogP contribution in [0.1, 0.15) is 136 Å². The zero-order chi connectivity index (χ0) is 37.1. The van der Waals surface area contributed by atoms with Crippen molar-refractivity contribution in [1.82, 2.24) is 19.6 Å². The molecular weight excluding hydrogens is 661 g/mol. The molecule has 5 heterocycles. The minimum absolute atomic E-state index is 0.245. The first-order chi connectivity index (χ1) is 25.3. The number of aliphatic imine (C=N–C) groups is 1. The molecule has 0 fully saturated rings. The summed E-state index contributed by atoms with van der Waals surface area (Å²) in [7, 11) is 0. The van der Waals surface area contributed by atoms with Crippen molar-refractivity contribution in [2.24, 2.45) is 4.99 Å². The van der Waals surface area contributed by atoms with Gasteiger partial charge in [-0.15, -0.1) is 0 Å². The van der Waals surface area contributed by atoms with Crippen LogP contribution in [-0.4, -0.2) is 30.7 Å². The first-order valence-electron chi connectivity index (χ1n) is 19.0. The molecule has 1 amide bonds. The summed E-state index contributed by atoms with van der Waals surface area (Å²) < 4.78 is 1.98. The standard InChI is InChI=1S/C44H50N6OS/c1-9-28-29(10-2)37-22-39-31(12-4)33(14-6)41(48-39)24-43-35(16-8)34(15-7)42(50(43)49-44(51)26-18-17-19-27(20-26)45-25-52)23-40-32(13-5)30(11-3)38(47-40)21-36(28)46-37/h17-24,46H,9-16H2,1-8H3,(H,49,51). The maximum atomic E-state index is 14.2. The van der Waals surface area contributed by atoms with Crippen LogP contribution in [0.25, 0.3) is 44.4 Å². The van der Waals surface area contributed by atoms with Gasteiger partial charge in [-0.05, 0) is 151 Å². The minimum Gasteiger partial charge on any atom is -0.355 e. The molecule has 2 aliphatic rings. The first kappa shape index (κ1) is 36.9. The van der Waals surface area contributed by atoms with Crippen LogP contribution in [0.3, 0.4) is 0 Å². The summed E-state index contributed by atoms with van der Waals surface area (Å²) in [5.74, 6) is -0.245. The maximum absolute atomic E-state index is 14.2. The number of fused-ring (bicyclic) bond motifs is 8. The lowest BCUT2D eigenvalue weighted by Gasteiger charge is -2.11. The fraction of sp³-hybridized carbons (Fsp3) is 0.364. The molecule has 8 heteroatoms. The highest BCUT2D eigenvalue weighted by Gasteiger charge is 2.24. The molecule has 2 N–H and O–H groups in total. The molecule has 0 radical (unpaired) electrons. The summed E-state index contributed by atoms with van der Waals surface area (Å²) in [4.78, 5) is 32.8. The molecule has 4 aromatic rings. The summed E-state index contributed by atoms with van der Waals surface area (Å²) in [5, 5.41) is 2.41. The van der Waals surface area contributed by atoms with Crippen molar-refractivity contribution >= 4 is 73.3 Å². The molecule has 0 spiro atoms. The van der Waals surface area contributed by atoms with Crippen LogP contribution in [0.15, 0.2) is 53.5 Å². The molecule has 0 saturated carbocycles. The average molecular weight is 711 g/mol. The largest absolute Gasteiger partial charge is 0.355 e. The molecule has 6 rings (SSSR count). The number of rotatable bonds is 11. The number of allylic oxidation sites excluding steroid dienone is 4. The number of isothiocyanates is 1. The summed E-state index contributed by atoms with van der Waals surface area (Å²) in [5.41, 5.74) is 22.4. The van der Waals surface area contributed by atoms with Gasteiger partial charge in [-0.1, -0.05) is 61.5 Å². The third-order valence-corrected chi connectivity index (χ3v) is 10.7. The third kappa shape index (κ3) is 6.50. The van der Waals surface area contributed by atoms with E-state index in [-0.39, 0.29) is 5.91 Å². The van der Waals surface area contributed by atoms with E-state index in [1.54, 1.807) is 12.1 Å². The smallest absolute Gasteiger partial charge is 0.270 e. The van der Waals surface area contributed by atoms with Gasteiger partial charge in [0.25, 0.3) is 5.91 Å². The van der Waals surface area contributed by atoms with Crippen LogP contribution in [0.4, 0.5) is 5.69 Å². The Morgan fingerprint density at radius 3 is 1.50 bits per heavy atom. The van der Waals surface area contributed by atoms with Gasteiger partial charge >= 0.3 is 0 Å². The van der Waals surface area contributed by atoms with Crippen molar-refractivity contribution in [3.8, 4) is 0 Å². The van der Waals surface area contributed by atoms with Gasteiger partial charge in [0.05, 0.1) is 44.7 Å². The van der Waals surface area contributed by atoms with E-state index in [4.69, 9.17) is 22.2 Å². The van der Waals surface area contributed by atoms with E-state index in [1.165, 1.54) is 44.5 Å². The maximum Gasteiger partial charge on any atom is 0.270 e. The molecule has 0 aliphatic carbocycles. The number of aromatic nitrogens is 4. The monoisotopic (exact) mass is 710 g/mol. The van der Waals surface area contributed by atoms with Gasteiger partial charge in [-0.25, -0.2) is 9.97 Å². The van der Waals surface area contributed by atoms with Gasteiger partial charge in [0.15, 0.2) is 0 Å². The number of hydrogen-bond acceptors (Lipinski definition) is 5. The van der Waals surface area contributed by atoms with Crippen LogP contribution in [0, 0.1) is 0 Å². The van der Waals surface area contributed by atoms with Gasteiger partial charge in [0.2, 0.25) is 0 Å². The Morgan fingerprint density at radius 1 is 0.654 bits per heavy atom. The predicted octanol–water partition coefficient (Wildman–Crippen LogP) is 11.6. The third-order valence-electron chi connectivity index (χ3n) is 10.6. The Balaban J connectivity index is 1.81. The van der Waals surface area contributed by atoms with Crippen LogP contribution in [0.5, 0.6) is 0 Å². The van der Waals surface area contributed by atoms with Crippen molar-refractivity contribution in [2.45, 2.75) is 107 Å². The van der Waals surface area contributed by atoms with Crippen molar-refractivity contribution in [1.29, 1.82) is 0 Å². The Kier molecular flexibility index (Phi) is 11.2. The van der Waals surface area contributed by atoms with Gasteiger partial charge in [-0.2, -0.15) is 4.99 Å². The van der Waals surface area contributed by atoms with Gasteiger partial charge < -0.3 is 4.98 Å². The minimum atomic E-state index is -0.245. The Bertz CT molecular complexity index is 2220. The van der Waals surface area contributed by atoms with Crippen LogP contribution in [0.2, 0.25) is 0 Å². The first-order valence-corrected chi connectivity index (χ1v) is 19.4. The summed E-state index contributed by atoms with van der Waals surface area (Å²) in [6.45, 7) is 17.7. The van der Waals surface area contributed by atoms with Gasteiger partial charge in [0, 0.05) is 16.6 Å². The number of carbonyl (C=O) groups excluding carboxylic acids is 1. The second kappa shape index (κ2) is 15.8. The molecule has 268 valence electrons. The summed E-state index contributed by atoms with van der Waals surface area (Å²) in [6, 6.07) is 16.0. The zero-order valence-electron chi connectivity index (χ0n) is 31.9. The highest BCUT2D eigenvalue weighted by atomic mass is 32.1. The topological polar surface area (TPSA) is 88.0 Å². The number of hydrogen-bond donors (Lipinski definition) is 2. The molecule has 8 bridgehead atoms. The van der Waals surface area contributed by atoms with E-state index in [1.807, 2.05) is 16.8 Å². The second-order valence-electron chi connectivity index (χ2n) is 13.3. The SMILES string of the molecule is CCC1=C(CC)c2cc3c(CC)c(CC)c(cc4nc(cc5[nH]c(cc1n2)c(CC)c5CC)C(CC)=C4CC)n3NC(=O)c1cccc(N=C=S)c1. The van der Waals surface area contributed by atoms with E-state index in [0.717, 1.165) is 96.2 Å². The van der Waals surface area contributed by atoms with E-state index < -0.39 is 0 Å². The van der Waals surface area contributed by atoms with Crippen LogP contribution < -0.4 is 5.43 Å². The van der Waals surface area contributed by atoms with Crippen LogP contribution >= 0.6 is 12.2 Å². The number of nitrogens with one attached hydrogen (secondary N) is 2. The average Bonchev–Trinajstić information content (AvgIpc) is 3.86. The van der Waals surface area contributed by atoms with Crippen molar-refractivity contribution in [3.63, 3.8) is 0 Å². The highest BCUT2D eigenvalue weighted by molar-refractivity contribution is 7.78.